The van der Waals surface area contributed by atoms with Gasteiger partial charge in [0.2, 0.25) is 0 Å². The van der Waals surface area contributed by atoms with Gasteiger partial charge in [-0.1, -0.05) is 56.5 Å². The second kappa shape index (κ2) is 22.8. The van der Waals surface area contributed by atoms with E-state index < -0.39 is 17.9 Å². The van der Waals surface area contributed by atoms with Gasteiger partial charge in [-0.05, 0) is 122 Å². The van der Waals surface area contributed by atoms with Crippen LogP contribution in [0.1, 0.15) is 90.5 Å². The molecule has 4 aromatic carbocycles. The Morgan fingerprint density at radius 3 is 1.43 bits per heavy atom. The summed E-state index contributed by atoms with van der Waals surface area (Å²) < 4.78 is 27.5. The zero-order chi connectivity index (χ0) is 37.5. The van der Waals surface area contributed by atoms with Crippen LogP contribution in [0.3, 0.4) is 0 Å². The molecule has 0 bridgehead atoms. The third-order valence-electron chi connectivity index (χ3n) is 8.35. The number of esters is 3. The Morgan fingerprint density at radius 1 is 0.509 bits per heavy atom. The summed E-state index contributed by atoms with van der Waals surface area (Å²) in [5.74, 6) is 0.511. The van der Waals surface area contributed by atoms with Crippen LogP contribution in [0.4, 0.5) is 0 Å². The van der Waals surface area contributed by atoms with Crippen LogP contribution >= 0.6 is 0 Å². The van der Waals surface area contributed by atoms with E-state index in [1.807, 2.05) is 48.5 Å². The number of ether oxygens (including phenoxy) is 5. The van der Waals surface area contributed by atoms with Gasteiger partial charge in [-0.25, -0.2) is 14.4 Å². The predicted molar refractivity (Wildman–Crippen MR) is 203 cm³/mol. The van der Waals surface area contributed by atoms with Crippen LogP contribution in [0.25, 0.3) is 11.1 Å². The fourth-order valence-electron chi connectivity index (χ4n) is 5.32. The summed E-state index contributed by atoms with van der Waals surface area (Å²) in [6, 6.07) is 30.7. The van der Waals surface area contributed by atoms with Gasteiger partial charge >= 0.3 is 17.9 Å². The number of nitrogens with zero attached hydrogens (tertiary/aromatic N) is 1. The van der Waals surface area contributed by atoms with E-state index in [-0.39, 0.29) is 0 Å². The standard InChI is InChI=1S/C44H47NO8/c1-2-42(46)51-31-11-8-7-10-30-50-40-25-19-38(20-26-40)44(48)53-41-27-21-37(22-28-41)43(47)52-32-12-6-4-3-5-9-29-49-39-23-17-36(18-24-39)35-15-13-34(33-45)14-16-35/h2,13-28H,1,3-12,29-32H2. The molecule has 0 amide bonds. The molecule has 0 aromatic heterocycles. The highest BCUT2D eigenvalue weighted by molar-refractivity contribution is 5.92. The highest BCUT2D eigenvalue weighted by Gasteiger charge is 2.12. The Kier molecular flexibility index (Phi) is 17.2. The lowest BCUT2D eigenvalue weighted by Crippen LogP contribution is -2.09. The van der Waals surface area contributed by atoms with Gasteiger partial charge in [-0.3, -0.25) is 0 Å². The number of hydrogen-bond donors (Lipinski definition) is 0. The fraction of sp³-hybridized carbons (Fsp3) is 0.318. The van der Waals surface area contributed by atoms with Crippen molar-refractivity contribution in [2.45, 2.75) is 64.2 Å². The highest BCUT2D eigenvalue weighted by atomic mass is 16.5. The number of hydrogen-bond acceptors (Lipinski definition) is 9. The average molecular weight is 718 g/mol. The number of nitriles is 1. The molecule has 0 unspecified atom stereocenters. The number of rotatable bonds is 23. The highest BCUT2D eigenvalue weighted by Crippen LogP contribution is 2.23. The van der Waals surface area contributed by atoms with Gasteiger partial charge in [0.25, 0.3) is 0 Å². The van der Waals surface area contributed by atoms with E-state index in [4.69, 9.17) is 28.9 Å². The van der Waals surface area contributed by atoms with E-state index in [0.717, 1.165) is 87.2 Å². The van der Waals surface area contributed by atoms with Gasteiger partial charge in [0.15, 0.2) is 0 Å². The lowest BCUT2D eigenvalue weighted by Gasteiger charge is -2.09. The lowest BCUT2D eigenvalue weighted by atomic mass is 10.0. The van der Waals surface area contributed by atoms with Crippen LogP contribution in [-0.4, -0.2) is 44.3 Å². The molecule has 276 valence electrons. The fourth-order valence-corrected chi connectivity index (χ4v) is 5.32. The third kappa shape index (κ3) is 14.7. The van der Waals surface area contributed by atoms with Gasteiger partial charge < -0.3 is 23.7 Å². The van der Waals surface area contributed by atoms with E-state index >= 15 is 0 Å². The van der Waals surface area contributed by atoms with Gasteiger partial charge in [0.1, 0.15) is 17.2 Å². The van der Waals surface area contributed by atoms with E-state index in [0.29, 0.717) is 54.6 Å². The molecular weight excluding hydrogens is 670 g/mol. The quantitative estimate of drug-likeness (QED) is 0.0319. The van der Waals surface area contributed by atoms with Crippen molar-refractivity contribution in [2.24, 2.45) is 0 Å². The number of unbranched alkanes of at least 4 members (excludes halogenated alkanes) is 8. The molecule has 0 aliphatic carbocycles. The summed E-state index contributed by atoms with van der Waals surface area (Å²) in [4.78, 5) is 36.1. The molecule has 0 aliphatic rings. The minimum atomic E-state index is -0.511. The van der Waals surface area contributed by atoms with E-state index in [9.17, 15) is 14.4 Å². The summed E-state index contributed by atoms with van der Waals surface area (Å²) in [6.07, 6.45) is 10.7. The minimum Gasteiger partial charge on any atom is -0.494 e. The van der Waals surface area contributed by atoms with Crippen molar-refractivity contribution in [3.05, 3.63) is 126 Å². The Morgan fingerprint density at radius 2 is 0.925 bits per heavy atom. The van der Waals surface area contributed by atoms with Gasteiger partial charge in [-0.2, -0.15) is 5.26 Å². The van der Waals surface area contributed by atoms with Crippen LogP contribution in [0.2, 0.25) is 0 Å². The van der Waals surface area contributed by atoms with Crippen molar-refractivity contribution in [1.82, 2.24) is 0 Å². The summed E-state index contributed by atoms with van der Waals surface area (Å²) in [5, 5.41) is 8.96. The average Bonchev–Trinajstić information content (AvgIpc) is 3.20. The topological polar surface area (TPSA) is 121 Å². The van der Waals surface area contributed by atoms with Crippen molar-refractivity contribution in [1.29, 1.82) is 5.26 Å². The molecule has 9 nitrogen and oxygen atoms in total. The SMILES string of the molecule is C=CC(=O)OCCCCCCOc1ccc(C(=O)Oc2ccc(C(=O)OCCCCCCCCOc3ccc(-c4ccc(C#N)cc4)cc3)cc2)cc1. The van der Waals surface area contributed by atoms with E-state index in [2.05, 4.69) is 12.6 Å². The molecule has 0 saturated carbocycles. The molecule has 0 aliphatic heterocycles. The number of carbonyl (C=O) groups excluding carboxylic acids is 3. The van der Waals surface area contributed by atoms with Gasteiger partial charge in [-0.15, -0.1) is 0 Å². The second-order valence-electron chi connectivity index (χ2n) is 12.4. The summed E-state index contributed by atoms with van der Waals surface area (Å²) in [5.41, 5.74) is 3.57. The first-order valence-corrected chi connectivity index (χ1v) is 18.2. The molecule has 0 radical (unpaired) electrons. The van der Waals surface area contributed by atoms with Crippen LogP contribution in [0.5, 0.6) is 17.2 Å². The Hall–Kier alpha value is -5.88. The van der Waals surface area contributed by atoms with Crippen molar-refractivity contribution < 1.29 is 38.1 Å². The normalized spacial score (nSPS) is 10.5. The first-order chi connectivity index (χ1) is 25.9. The van der Waals surface area contributed by atoms with Crippen molar-refractivity contribution >= 4 is 17.9 Å². The Labute approximate surface area is 312 Å². The molecule has 0 atom stereocenters. The molecule has 53 heavy (non-hydrogen) atoms. The van der Waals surface area contributed by atoms with Crippen LogP contribution in [0, 0.1) is 11.3 Å². The van der Waals surface area contributed by atoms with Crippen LogP contribution in [0.15, 0.2) is 110 Å². The largest absolute Gasteiger partial charge is 0.494 e. The molecule has 0 spiro atoms. The van der Waals surface area contributed by atoms with E-state index in [1.54, 1.807) is 48.5 Å². The first-order valence-electron chi connectivity index (χ1n) is 18.2. The van der Waals surface area contributed by atoms with Crippen molar-refractivity contribution in [3.63, 3.8) is 0 Å². The molecule has 0 heterocycles. The molecule has 0 N–H and O–H groups in total. The molecule has 0 fully saturated rings. The summed E-state index contributed by atoms with van der Waals surface area (Å²) in [6.45, 7) is 5.32. The second-order valence-corrected chi connectivity index (χ2v) is 12.4. The predicted octanol–water partition coefficient (Wildman–Crippen LogP) is 9.69. The monoisotopic (exact) mass is 717 g/mol. The minimum absolute atomic E-state index is 0.328. The van der Waals surface area contributed by atoms with Crippen molar-refractivity contribution in [3.8, 4) is 34.4 Å². The van der Waals surface area contributed by atoms with Gasteiger partial charge in [0, 0.05) is 6.08 Å². The zero-order valence-electron chi connectivity index (χ0n) is 30.1. The third-order valence-corrected chi connectivity index (χ3v) is 8.35. The maximum Gasteiger partial charge on any atom is 0.343 e. The summed E-state index contributed by atoms with van der Waals surface area (Å²) in [7, 11) is 0. The van der Waals surface area contributed by atoms with E-state index in [1.165, 1.54) is 0 Å². The maximum absolute atomic E-state index is 12.6. The molecule has 0 saturated heterocycles. The Balaban J connectivity index is 1.01. The number of carbonyl (C=O) groups is 3. The van der Waals surface area contributed by atoms with Crippen LogP contribution < -0.4 is 14.2 Å². The molecular formula is C44H47NO8. The Bertz CT molecular complexity index is 1760. The van der Waals surface area contributed by atoms with Crippen molar-refractivity contribution in [2.75, 3.05) is 26.4 Å². The molecule has 9 heteroatoms. The first kappa shape index (κ1) is 39.9. The smallest absolute Gasteiger partial charge is 0.343 e. The van der Waals surface area contributed by atoms with Crippen LogP contribution in [-0.2, 0) is 14.3 Å². The maximum atomic E-state index is 12.6. The molecule has 4 rings (SSSR count). The number of benzene rings is 4. The summed E-state index contributed by atoms with van der Waals surface area (Å²) >= 11 is 0. The zero-order valence-corrected chi connectivity index (χ0v) is 30.1. The van der Waals surface area contributed by atoms with Gasteiger partial charge in [0.05, 0.1) is 49.2 Å². The molecule has 4 aromatic rings. The lowest BCUT2D eigenvalue weighted by molar-refractivity contribution is -0.137.